The van der Waals surface area contributed by atoms with Crippen molar-refractivity contribution in [3.8, 4) is 0 Å². The molecule has 0 unspecified atom stereocenters. The summed E-state index contributed by atoms with van der Waals surface area (Å²) in [5.41, 5.74) is 5.98. The highest BCUT2D eigenvalue weighted by atomic mass is 19.1. The lowest BCUT2D eigenvalue weighted by Gasteiger charge is -2.20. The summed E-state index contributed by atoms with van der Waals surface area (Å²) in [5, 5.41) is 0. The molecular weight excluding hydrogens is 223 g/mol. The number of nitrogens with zero attached hydrogens (tertiary/aromatic N) is 1. The molecule has 0 aliphatic rings. The molecule has 1 rings (SSSR count). The van der Waals surface area contributed by atoms with Crippen LogP contribution in [0.3, 0.4) is 0 Å². The number of aryl methyl sites for hydroxylation is 1. The number of nitrogens with two attached hydrogens (primary N) is 1. The van der Waals surface area contributed by atoms with Gasteiger partial charge in [-0.05, 0) is 37.6 Å². The van der Waals surface area contributed by atoms with Gasteiger partial charge in [0.2, 0.25) is 5.91 Å². The van der Waals surface area contributed by atoms with Crippen LogP contribution in [0.25, 0.3) is 0 Å². The summed E-state index contributed by atoms with van der Waals surface area (Å²) >= 11 is 0. The van der Waals surface area contributed by atoms with Gasteiger partial charge in [0.15, 0.2) is 0 Å². The molecule has 2 amide bonds. The average Bonchev–Trinajstić information content (AvgIpc) is 2.24. The second kappa shape index (κ2) is 5.43. The molecule has 0 atom stereocenters. The first kappa shape index (κ1) is 13.2. The highest BCUT2D eigenvalue weighted by molar-refractivity contribution is 5.97. The number of hydrogen-bond donors (Lipinski definition) is 1. The third-order valence-electron chi connectivity index (χ3n) is 2.43. The van der Waals surface area contributed by atoms with E-state index in [1.807, 2.05) is 0 Å². The molecule has 1 aromatic carbocycles. The van der Waals surface area contributed by atoms with Crippen molar-refractivity contribution in [2.45, 2.75) is 13.8 Å². The minimum absolute atomic E-state index is 0.133. The van der Waals surface area contributed by atoms with Gasteiger partial charge in [-0.2, -0.15) is 0 Å². The topological polar surface area (TPSA) is 63.4 Å². The standard InChI is InChI=1S/C12H15FN2O2/c1-3-15(7-11(14)16)12(17)10-5-4-9(13)6-8(10)2/h4-6H,3,7H2,1-2H3,(H2,14,16). The van der Waals surface area contributed by atoms with Crippen LogP contribution in [0.1, 0.15) is 22.8 Å². The Kier molecular flexibility index (Phi) is 4.20. The van der Waals surface area contributed by atoms with E-state index in [2.05, 4.69) is 0 Å². The molecule has 0 saturated carbocycles. The van der Waals surface area contributed by atoms with Crippen molar-refractivity contribution in [2.75, 3.05) is 13.1 Å². The molecule has 4 nitrogen and oxygen atoms in total. The summed E-state index contributed by atoms with van der Waals surface area (Å²) in [6, 6.07) is 3.92. The van der Waals surface area contributed by atoms with E-state index in [-0.39, 0.29) is 12.5 Å². The van der Waals surface area contributed by atoms with Crippen LogP contribution in [-0.4, -0.2) is 29.8 Å². The summed E-state index contributed by atoms with van der Waals surface area (Å²) < 4.78 is 12.9. The molecule has 0 aliphatic heterocycles. The van der Waals surface area contributed by atoms with E-state index < -0.39 is 11.7 Å². The Morgan fingerprint density at radius 2 is 2.06 bits per heavy atom. The second-order valence-electron chi connectivity index (χ2n) is 3.74. The predicted octanol–water partition coefficient (Wildman–Crippen LogP) is 1.08. The first-order valence-corrected chi connectivity index (χ1v) is 5.29. The van der Waals surface area contributed by atoms with E-state index in [4.69, 9.17) is 5.73 Å². The summed E-state index contributed by atoms with van der Waals surface area (Å²) in [6.07, 6.45) is 0. The molecule has 0 saturated heterocycles. The highest BCUT2D eigenvalue weighted by Crippen LogP contribution is 2.12. The lowest BCUT2D eigenvalue weighted by atomic mass is 10.1. The van der Waals surface area contributed by atoms with E-state index in [0.29, 0.717) is 17.7 Å². The van der Waals surface area contributed by atoms with Crippen LogP contribution in [0.2, 0.25) is 0 Å². The van der Waals surface area contributed by atoms with Crippen molar-refractivity contribution < 1.29 is 14.0 Å². The molecule has 2 N–H and O–H groups in total. The number of carbonyl (C=O) groups is 2. The van der Waals surface area contributed by atoms with Crippen molar-refractivity contribution in [3.05, 3.63) is 35.1 Å². The van der Waals surface area contributed by atoms with Gasteiger partial charge in [-0.15, -0.1) is 0 Å². The quantitative estimate of drug-likeness (QED) is 0.853. The second-order valence-corrected chi connectivity index (χ2v) is 3.74. The largest absolute Gasteiger partial charge is 0.368 e. The SMILES string of the molecule is CCN(CC(N)=O)C(=O)c1ccc(F)cc1C. The first-order chi connectivity index (χ1) is 7.95. The number of likely N-dealkylation sites (N-methyl/N-ethyl adjacent to an activating group) is 1. The van der Waals surface area contributed by atoms with Crippen molar-refractivity contribution in [1.82, 2.24) is 4.90 Å². The van der Waals surface area contributed by atoms with Gasteiger partial charge < -0.3 is 10.6 Å². The van der Waals surface area contributed by atoms with Gasteiger partial charge in [-0.1, -0.05) is 0 Å². The van der Waals surface area contributed by atoms with Crippen molar-refractivity contribution in [3.63, 3.8) is 0 Å². The molecule has 5 heteroatoms. The lowest BCUT2D eigenvalue weighted by molar-refractivity contribution is -0.118. The number of carbonyl (C=O) groups excluding carboxylic acids is 2. The molecule has 0 fully saturated rings. The molecule has 0 aromatic heterocycles. The zero-order chi connectivity index (χ0) is 13.0. The molecule has 0 bridgehead atoms. The van der Waals surface area contributed by atoms with Crippen LogP contribution in [0, 0.1) is 12.7 Å². The molecule has 92 valence electrons. The third-order valence-corrected chi connectivity index (χ3v) is 2.43. The van der Waals surface area contributed by atoms with E-state index in [1.54, 1.807) is 13.8 Å². The summed E-state index contributed by atoms with van der Waals surface area (Å²) in [7, 11) is 0. The number of primary amides is 1. The van der Waals surface area contributed by atoms with Gasteiger partial charge in [-0.25, -0.2) is 4.39 Å². The Balaban J connectivity index is 2.97. The van der Waals surface area contributed by atoms with Gasteiger partial charge in [0.05, 0.1) is 6.54 Å². The minimum atomic E-state index is -0.569. The molecule has 0 spiro atoms. The Bertz CT molecular complexity index is 446. The Labute approximate surface area is 99.2 Å². The molecule has 0 heterocycles. The normalized spacial score (nSPS) is 10.1. The van der Waals surface area contributed by atoms with E-state index >= 15 is 0 Å². The zero-order valence-corrected chi connectivity index (χ0v) is 9.87. The Morgan fingerprint density at radius 1 is 1.41 bits per heavy atom. The maximum atomic E-state index is 12.9. The van der Waals surface area contributed by atoms with E-state index in [0.717, 1.165) is 0 Å². The monoisotopic (exact) mass is 238 g/mol. The summed E-state index contributed by atoms with van der Waals surface area (Å²) in [4.78, 5) is 24.2. The molecule has 0 aliphatic carbocycles. The van der Waals surface area contributed by atoms with Gasteiger partial charge in [0, 0.05) is 12.1 Å². The third kappa shape index (κ3) is 3.27. The number of rotatable bonds is 4. The number of amides is 2. The van der Waals surface area contributed by atoms with Gasteiger partial charge in [0.25, 0.3) is 5.91 Å². The van der Waals surface area contributed by atoms with E-state index in [1.165, 1.54) is 23.1 Å². The molecule has 0 radical (unpaired) electrons. The maximum Gasteiger partial charge on any atom is 0.254 e. The van der Waals surface area contributed by atoms with Crippen LogP contribution >= 0.6 is 0 Å². The number of halogens is 1. The van der Waals surface area contributed by atoms with Crippen molar-refractivity contribution in [2.24, 2.45) is 5.73 Å². The fraction of sp³-hybridized carbons (Fsp3) is 0.333. The van der Waals surface area contributed by atoms with Crippen LogP contribution in [-0.2, 0) is 4.79 Å². The minimum Gasteiger partial charge on any atom is -0.368 e. The fourth-order valence-corrected chi connectivity index (χ4v) is 1.55. The predicted molar refractivity (Wildman–Crippen MR) is 61.9 cm³/mol. The van der Waals surface area contributed by atoms with Crippen molar-refractivity contribution >= 4 is 11.8 Å². The lowest BCUT2D eigenvalue weighted by Crippen LogP contribution is -2.38. The molecule has 17 heavy (non-hydrogen) atoms. The summed E-state index contributed by atoms with van der Waals surface area (Å²) in [5.74, 6) is -1.28. The smallest absolute Gasteiger partial charge is 0.254 e. The average molecular weight is 238 g/mol. The Morgan fingerprint density at radius 3 is 2.53 bits per heavy atom. The van der Waals surface area contributed by atoms with E-state index in [9.17, 15) is 14.0 Å². The van der Waals surface area contributed by atoms with Crippen LogP contribution < -0.4 is 5.73 Å². The van der Waals surface area contributed by atoms with Gasteiger partial charge in [-0.3, -0.25) is 9.59 Å². The Hall–Kier alpha value is -1.91. The van der Waals surface area contributed by atoms with Crippen LogP contribution in [0.5, 0.6) is 0 Å². The molecular formula is C12H15FN2O2. The van der Waals surface area contributed by atoms with Gasteiger partial charge >= 0.3 is 0 Å². The number of benzene rings is 1. The van der Waals surface area contributed by atoms with Crippen LogP contribution in [0.4, 0.5) is 4.39 Å². The zero-order valence-electron chi connectivity index (χ0n) is 9.87. The fourth-order valence-electron chi connectivity index (χ4n) is 1.55. The highest BCUT2D eigenvalue weighted by Gasteiger charge is 2.17. The van der Waals surface area contributed by atoms with Crippen LogP contribution in [0.15, 0.2) is 18.2 Å². The summed E-state index contributed by atoms with van der Waals surface area (Å²) in [6.45, 7) is 3.64. The maximum absolute atomic E-state index is 12.9. The first-order valence-electron chi connectivity index (χ1n) is 5.29. The van der Waals surface area contributed by atoms with Crippen molar-refractivity contribution in [1.29, 1.82) is 0 Å². The van der Waals surface area contributed by atoms with Gasteiger partial charge in [0.1, 0.15) is 5.82 Å². The molecule has 1 aromatic rings. The number of hydrogen-bond acceptors (Lipinski definition) is 2.